The van der Waals surface area contributed by atoms with Crippen LogP contribution in [0.25, 0.3) is 0 Å². The van der Waals surface area contributed by atoms with Crippen molar-refractivity contribution in [1.82, 2.24) is 10.2 Å². The maximum absolute atomic E-state index is 14.1. The summed E-state index contributed by atoms with van der Waals surface area (Å²) in [5, 5.41) is 3.09. The van der Waals surface area contributed by atoms with Crippen LogP contribution in [0, 0.1) is 6.92 Å². The van der Waals surface area contributed by atoms with Crippen LogP contribution in [0.15, 0.2) is 77.7 Å². The number of sulfonamides is 1. The molecule has 8 nitrogen and oxygen atoms in total. The van der Waals surface area contributed by atoms with Gasteiger partial charge in [0, 0.05) is 12.6 Å². The van der Waals surface area contributed by atoms with Crippen LogP contribution < -0.4 is 14.4 Å². The van der Waals surface area contributed by atoms with Crippen LogP contribution in [0.1, 0.15) is 38.3 Å². The second-order valence-electron chi connectivity index (χ2n) is 9.68. The second-order valence-corrected chi connectivity index (χ2v) is 11.9. The molecule has 40 heavy (non-hydrogen) atoms. The molecular formula is C30H36ClN3O5S. The van der Waals surface area contributed by atoms with Gasteiger partial charge in [0.05, 0.1) is 22.7 Å². The minimum atomic E-state index is -4.19. The van der Waals surface area contributed by atoms with Crippen LogP contribution in [0.5, 0.6) is 5.75 Å². The zero-order valence-corrected chi connectivity index (χ0v) is 25.0. The normalized spacial score (nSPS) is 12.1. The van der Waals surface area contributed by atoms with Crippen molar-refractivity contribution in [2.75, 3.05) is 18.0 Å². The number of nitrogens with zero attached hydrogens (tertiary/aromatic N) is 2. The number of nitrogens with one attached hydrogen (secondary N) is 1. The molecule has 0 saturated carbocycles. The average Bonchev–Trinajstić information content (AvgIpc) is 2.92. The fraction of sp³-hybridized carbons (Fsp3) is 0.333. The standard InChI is InChI=1S/C30H36ClN3O5S/c1-6-27(30(36)32-21(2)3)33(19-23-13-11-10-12-22(23)4)29(35)20-34(24-16-17-28(39-5)26(31)18-24)40(37,38)25-14-8-7-9-15-25/h7-18,21,27H,6,19-20H2,1-5H3,(H,32,36)/t27-/m0/s1. The Morgan fingerprint density at radius 1 is 1.00 bits per heavy atom. The molecule has 2 amide bonds. The number of carbonyl (C=O) groups excluding carboxylic acids is 2. The molecule has 0 aliphatic rings. The minimum Gasteiger partial charge on any atom is -0.495 e. The van der Waals surface area contributed by atoms with Crippen molar-refractivity contribution < 1.29 is 22.7 Å². The number of carbonyl (C=O) groups is 2. The molecule has 1 N–H and O–H groups in total. The van der Waals surface area contributed by atoms with E-state index in [9.17, 15) is 18.0 Å². The summed E-state index contributed by atoms with van der Waals surface area (Å²) in [6, 6.07) is 19.0. The van der Waals surface area contributed by atoms with E-state index in [0.717, 1.165) is 15.4 Å². The Hall–Kier alpha value is -3.56. The highest BCUT2D eigenvalue weighted by Crippen LogP contribution is 2.32. The Morgan fingerprint density at radius 2 is 1.65 bits per heavy atom. The van der Waals surface area contributed by atoms with Crippen LogP contribution in [0.2, 0.25) is 5.02 Å². The second kappa shape index (κ2) is 13.7. The number of anilines is 1. The number of amides is 2. The molecule has 0 aromatic heterocycles. The predicted octanol–water partition coefficient (Wildman–Crippen LogP) is 5.18. The Morgan fingerprint density at radius 3 is 2.23 bits per heavy atom. The zero-order chi connectivity index (χ0) is 29.4. The van der Waals surface area contributed by atoms with E-state index < -0.39 is 28.5 Å². The maximum Gasteiger partial charge on any atom is 0.264 e. The zero-order valence-electron chi connectivity index (χ0n) is 23.4. The van der Waals surface area contributed by atoms with E-state index in [1.807, 2.05) is 52.0 Å². The van der Waals surface area contributed by atoms with Crippen molar-refractivity contribution in [3.63, 3.8) is 0 Å². The molecule has 214 valence electrons. The van der Waals surface area contributed by atoms with Gasteiger partial charge in [-0.05, 0) is 68.7 Å². The Bertz CT molecular complexity index is 1430. The number of hydrogen-bond acceptors (Lipinski definition) is 5. The van der Waals surface area contributed by atoms with E-state index in [0.29, 0.717) is 12.2 Å². The summed E-state index contributed by atoms with van der Waals surface area (Å²) in [4.78, 5) is 28.8. The summed E-state index contributed by atoms with van der Waals surface area (Å²) in [7, 11) is -2.73. The van der Waals surface area contributed by atoms with Gasteiger partial charge in [0.2, 0.25) is 11.8 Å². The number of ether oxygens (including phenoxy) is 1. The summed E-state index contributed by atoms with van der Waals surface area (Å²) in [5.41, 5.74) is 2.00. The fourth-order valence-electron chi connectivity index (χ4n) is 4.33. The number of aryl methyl sites for hydroxylation is 1. The van der Waals surface area contributed by atoms with Gasteiger partial charge >= 0.3 is 0 Å². The summed E-state index contributed by atoms with van der Waals surface area (Å²) >= 11 is 6.36. The molecule has 0 radical (unpaired) electrons. The summed E-state index contributed by atoms with van der Waals surface area (Å²) in [6.45, 7) is 7.04. The van der Waals surface area contributed by atoms with Crippen LogP contribution in [-0.2, 0) is 26.2 Å². The third-order valence-electron chi connectivity index (χ3n) is 6.45. The molecule has 3 rings (SSSR count). The Balaban J connectivity index is 2.10. The molecule has 10 heteroatoms. The van der Waals surface area contributed by atoms with E-state index in [2.05, 4.69) is 5.32 Å². The van der Waals surface area contributed by atoms with Crippen molar-refractivity contribution >= 4 is 39.1 Å². The quantitative estimate of drug-likeness (QED) is 0.316. The van der Waals surface area contributed by atoms with E-state index >= 15 is 0 Å². The van der Waals surface area contributed by atoms with E-state index in [1.165, 1.54) is 36.3 Å². The highest BCUT2D eigenvalue weighted by Gasteiger charge is 2.34. The minimum absolute atomic E-state index is 0.0183. The van der Waals surface area contributed by atoms with Gasteiger partial charge in [-0.1, -0.05) is 61.0 Å². The smallest absolute Gasteiger partial charge is 0.264 e. The first-order valence-electron chi connectivity index (χ1n) is 13.0. The van der Waals surface area contributed by atoms with Gasteiger partial charge in [-0.3, -0.25) is 13.9 Å². The average molecular weight is 586 g/mol. The molecule has 0 saturated heterocycles. The molecule has 3 aromatic carbocycles. The largest absolute Gasteiger partial charge is 0.495 e. The highest BCUT2D eigenvalue weighted by atomic mass is 35.5. The first-order valence-corrected chi connectivity index (χ1v) is 14.9. The lowest BCUT2D eigenvalue weighted by Crippen LogP contribution is -2.53. The highest BCUT2D eigenvalue weighted by molar-refractivity contribution is 7.92. The summed E-state index contributed by atoms with van der Waals surface area (Å²) in [5.74, 6) is -0.462. The van der Waals surface area contributed by atoms with Gasteiger partial charge in [-0.25, -0.2) is 8.42 Å². The SMILES string of the molecule is CC[C@@H](C(=O)NC(C)C)N(Cc1ccccc1C)C(=O)CN(c1ccc(OC)c(Cl)c1)S(=O)(=O)c1ccccc1. The number of rotatable bonds is 12. The van der Waals surface area contributed by atoms with Crippen molar-refractivity contribution in [3.05, 3.63) is 88.9 Å². The molecule has 0 bridgehead atoms. The topological polar surface area (TPSA) is 96.0 Å². The molecule has 0 aliphatic carbocycles. The summed E-state index contributed by atoms with van der Waals surface area (Å²) in [6.07, 6.45) is 0.343. The lowest BCUT2D eigenvalue weighted by Gasteiger charge is -2.34. The molecular weight excluding hydrogens is 550 g/mol. The van der Waals surface area contributed by atoms with Gasteiger partial charge in [-0.15, -0.1) is 0 Å². The monoisotopic (exact) mass is 585 g/mol. The van der Waals surface area contributed by atoms with E-state index in [4.69, 9.17) is 16.3 Å². The first kappa shape index (κ1) is 31.0. The first-order chi connectivity index (χ1) is 19.0. The van der Waals surface area contributed by atoms with Crippen molar-refractivity contribution in [1.29, 1.82) is 0 Å². The third-order valence-corrected chi connectivity index (χ3v) is 8.54. The van der Waals surface area contributed by atoms with E-state index in [-0.39, 0.29) is 34.1 Å². The maximum atomic E-state index is 14.1. The van der Waals surface area contributed by atoms with Crippen LogP contribution in [0.4, 0.5) is 5.69 Å². The number of methoxy groups -OCH3 is 1. The predicted molar refractivity (Wildman–Crippen MR) is 158 cm³/mol. The van der Waals surface area contributed by atoms with Gasteiger partial charge in [0.25, 0.3) is 10.0 Å². The van der Waals surface area contributed by atoms with Crippen LogP contribution >= 0.6 is 11.6 Å². The van der Waals surface area contributed by atoms with Crippen molar-refractivity contribution in [2.45, 2.75) is 57.6 Å². The van der Waals surface area contributed by atoms with Gasteiger partial charge < -0.3 is 15.0 Å². The van der Waals surface area contributed by atoms with Crippen molar-refractivity contribution in [2.24, 2.45) is 0 Å². The molecule has 0 heterocycles. The molecule has 0 spiro atoms. The molecule has 0 unspecified atom stereocenters. The van der Waals surface area contributed by atoms with Crippen molar-refractivity contribution in [3.8, 4) is 5.75 Å². The van der Waals surface area contributed by atoms with Gasteiger partial charge in [0.15, 0.2) is 0 Å². The number of hydrogen-bond donors (Lipinski definition) is 1. The van der Waals surface area contributed by atoms with E-state index in [1.54, 1.807) is 24.3 Å². The Kier molecular flexibility index (Phi) is 10.6. The Labute approximate surface area is 241 Å². The van der Waals surface area contributed by atoms with Crippen LogP contribution in [-0.4, -0.2) is 50.9 Å². The molecule has 0 aliphatic heterocycles. The molecule has 1 atom stereocenters. The summed E-state index contributed by atoms with van der Waals surface area (Å²) < 4.78 is 34.0. The molecule has 0 fully saturated rings. The van der Waals surface area contributed by atoms with Gasteiger partial charge in [0.1, 0.15) is 18.3 Å². The number of halogens is 1. The van der Waals surface area contributed by atoms with Gasteiger partial charge in [-0.2, -0.15) is 0 Å². The lowest BCUT2D eigenvalue weighted by atomic mass is 10.1. The molecule has 3 aromatic rings. The fourth-order valence-corrected chi connectivity index (χ4v) is 6.01. The lowest BCUT2D eigenvalue weighted by molar-refractivity contribution is -0.140. The number of benzene rings is 3. The van der Waals surface area contributed by atoms with Crippen LogP contribution in [0.3, 0.4) is 0 Å². The third kappa shape index (κ3) is 7.34.